The summed E-state index contributed by atoms with van der Waals surface area (Å²) in [6, 6.07) is 9.20. The Morgan fingerprint density at radius 3 is 2.53 bits per heavy atom. The van der Waals surface area contributed by atoms with Crippen molar-refractivity contribution in [3.05, 3.63) is 48.6 Å². The van der Waals surface area contributed by atoms with Crippen LogP contribution in [0.2, 0.25) is 0 Å². The molecule has 0 spiro atoms. The molecule has 0 aliphatic heterocycles. The molecule has 0 fully saturated rings. The number of rotatable bonds is 5. The highest BCUT2D eigenvalue weighted by atomic mass is 32.2. The standard InChI is InChI=1S/C14H16O2S/c1-3-5-12-17(15,16)14(9-4-2)13-10-7-6-8-11-13/h4,6-8,10-11,14H,2,9,12H2,1H3. The minimum absolute atomic E-state index is 0.100. The SMILES string of the molecule is C=CCC(c1ccccc1)S(=O)(=O)CC#CC. The first-order valence-electron chi connectivity index (χ1n) is 5.39. The van der Waals surface area contributed by atoms with Crippen LogP contribution in [0.15, 0.2) is 43.0 Å². The Balaban J connectivity index is 3.08. The maximum atomic E-state index is 12.1. The summed E-state index contributed by atoms with van der Waals surface area (Å²) < 4.78 is 24.3. The van der Waals surface area contributed by atoms with Crippen LogP contribution in [0, 0.1) is 11.8 Å². The summed E-state index contributed by atoms with van der Waals surface area (Å²) in [6.07, 6.45) is 2.05. The van der Waals surface area contributed by atoms with Gasteiger partial charge in [-0.1, -0.05) is 42.3 Å². The van der Waals surface area contributed by atoms with E-state index in [2.05, 4.69) is 18.4 Å². The van der Waals surface area contributed by atoms with Gasteiger partial charge in [-0.15, -0.1) is 12.5 Å². The molecular weight excluding hydrogens is 232 g/mol. The maximum Gasteiger partial charge on any atom is 0.168 e. The van der Waals surface area contributed by atoms with Crippen molar-refractivity contribution in [2.45, 2.75) is 18.6 Å². The fraction of sp³-hybridized carbons (Fsp3) is 0.286. The minimum Gasteiger partial charge on any atom is -0.227 e. The molecule has 0 aromatic heterocycles. The molecule has 0 heterocycles. The fourth-order valence-electron chi connectivity index (χ4n) is 1.58. The van der Waals surface area contributed by atoms with Crippen molar-refractivity contribution in [2.24, 2.45) is 0 Å². The van der Waals surface area contributed by atoms with Crippen molar-refractivity contribution in [3.63, 3.8) is 0 Å². The van der Waals surface area contributed by atoms with Crippen molar-refractivity contribution in [2.75, 3.05) is 5.75 Å². The Kier molecular flexibility index (Phi) is 4.99. The van der Waals surface area contributed by atoms with Gasteiger partial charge in [0.25, 0.3) is 0 Å². The molecule has 1 aromatic rings. The van der Waals surface area contributed by atoms with E-state index in [1.54, 1.807) is 13.0 Å². The first kappa shape index (κ1) is 13.5. The van der Waals surface area contributed by atoms with Gasteiger partial charge in [0.15, 0.2) is 9.84 Å². The van der Waals surface area contributed by atoms with Gasteiger partial charge >= 0.3 is 0 Å². The zero-order valence-electron chi connectivity index (χ0n) is 9.89. The van der Waals surface area contributed by atoms with E-state index in [-0.39, 0.29) is 5.75 Å². The van der Waals surface area contributed by atoms with Crippen LogP contribution in [0.4, 0.5) is 0 Å². The summed E-state index contributed by atoms with van der Waals surface area (Å²) in [7, 11) is -3.24. The van der Waals surface area contributed by atoms with Crippen molar-refractivity contribution in [1.82, 2.24) is 0 Å². The molecule has 3 heteroatoms. The molecule has 90 valence electrons. The largest absolute Gasteiger partial charge is 0.227 e. The van der Waals surface area contributed by atoms with Gasteiger partial charge in [-0.25, -0.2) is 8.42 Å². The average molecular weight is 248 g/mol. The van der Waals surface area contributed by atoms with E-state index in [4.69, 9.17) is 0 Å². The molecule has 1 aromatic carbocycles. The van der Waals surface area contributed by atoms with Gasteiger partial charge in [0.1, 0.15) is 5.75 Å². The average Bonchev–Trinajstić information content (AvgIpc) is 2.34. The molecule has 0 aliphatic rings. The zero-order chi connectivity index (χ0) is 12.7. The quantitative estimate of drug-likeness (QED) is 0.593. The van der Waals surface area contributed by atoms with Gasteiger partial charge in [-0.2, -0.15) is 0 Å². The fourth-order valence-corrected chi connectivity index (χ4v) is 3.13. The number of hydrogen-bond donors (Lipinski definition) is 0. The first-order valence-corrected chi connectivity index (χ1v) is 7.10. The van der Waals surface area contributed by atoms with Gasteiger partial charge < -0.3 is 0 Å². The van der Waals surface area contributed by atoms with E-state index < -0.39 is 15.1 Å². The summed E-state index contributed by atoms with van der Waals surface area (Å²) in [5.41, 5.74) is 0.797. The lowest BCUT2D eigenvalue weighted by Gasteiger charge is -2.14. The van der Waals surface area contributed by atoms with E-state index in [0.29, 0.717) is 6.42 Å². The molecule has 0 saturated carbocycles. The zero-order valence-corrected chi connectivity index (χ0v) is 10.7. The van der Waals surface area contributed by atoms with Crippen LogP contribution < -0.4 is 0 Å². The Morgan fingerprint density at radius 1 is 1.35 bits per heavy atom. The van der Waals surface area contributed by atoms with E-state index >= 15 is 0 Å². The van der Waals surface area contributed by atoms with Gasteiger partial charge in [-0.3, -0.25) is 0 Å². The van der Waals surface area contributed by atoms with Crippen LogP contribution in [0.3, 0.4) is 0 Å². The lowest BCUT2D eigenvalue weighted by Crippen LogP contribution is -2.15. The summed E-state index contributed by atoms with van der Waals surface area (Å²) >= 11 is 0. The lowest BCUT2D eigenvalue weighted by atomic mass is 10.1. The smallest absolute Gasteiger partial charge is 0.168 e. The van der Waals surface area contributed by atoms with Gasteiger partial charge in [0.05, 0.1) is 5.25 Å². The monoisotopic (exact) mass is 248 g/mol. The molecule has 0 radical (unpaired) electrons. The third-order valence-corrected chi connectivity index (χ3v) is 4.31. The highest BCUT2D eigenvalue weighted by molar-refractivity contribution is 7.91. The number of sulfone groups is 1. The van der Waals surface area contributed by atoms with Crippen molar-refractivity contribution < 1.29 is 8.42 Å². The highest BCUT2D eigenvalue weighted by Crippen LogP contribution is 2.26. The first-order chi connectivity index (χ1) is 8.11. The second kappa shape index (κ2) is 6.27. The molecule has 1 rings (SSSR count). The molecule has 17 heavy (non-hydrogen) atoms. The van der Waals surface area contributed by atoms with Crippen LogP contribution in [0.5, 0.6) is 0 Å². The summed E-state index contributed by atoms with van der Waals surface area (Å²) in [4.78, 5) is 0. The van der Waals surface area contributed by atoms with Crippen LogP contribution in [-0.4, -0.2) is 14.2 Å². The maximum absolute atomic E-state index is 12.1. The predicted octanol–water partition coefficient (Wildman–Crippen LogP) is 2.74. The summed E-state index contributed by atoms with van der Waals surface area (Å²) in [5.74, 6) is 5.14. The third kappa shape index (κ3) is 3.76. The van der Waals surface area contributed by atoms with Crippen molar-refractivity contribution >= 4 is 9.84 Å². The normalized spacial score (nSPS) is 12.3. The van der Waals surface area contributed by atoms with Crippen molar-refractivity contribution in [1.29, 1.82) is 0 Å². The van der Waals surface area contributed by atoms with Gasteiger partial charge in [0, 0.05) is 0 Å². The highest BCUT2D eigenvalue weighted by Gasteiger charge is 2.24. The topological polar surface area (TPSA) is 34.1 Å². The summed E-state index contributed by atoms with van der Waals surface area (Å²) in [5, 5.41) is -0.540. The number of benzene rings is 1. The number of allylic oxidation sites excluding steroid dienone is 1. The minimum atomic E-state index is -3.24. The van der Waals surface area contributed by atoms with Gasteiger partial charge in [-0.05, 0) is 18.9 Å². The van der Waals surface area contributed by atoms with Crippen LogP contribution in [0.25, 0.3) is 0 Å². The molecule has 1 unspecified atom stereocenters. The molecule has 2 nitrogen and oxygen atoms in total. The van der Waals surface area contributed by atoms with Crippen LogP contribution in [-0.2, 0) is 9.84 Å². The second-order valence-electron chi connectivity index (χ2n) is 3.66. The van der Waals surface area contributed by atoms with E-state index in [1.807, 2.05) is 30.3 Å². The molecule has 0 amide bonds. The van der Waals surface area contributed by atoms with Crippen LogP contribution >= 0.6 is 0 Å². The van der Waals surface area contributed by atoms with E-state index in [0.717, 1.165) is 5.56 Å². The summed E-state index contributed by atoms with van der Waals surface area (Å²) in [6.45, 7) is 5.26. The molecule has 1 atom stereocenters. The van der Waals surface area contributed by atoms with Crippen LogP contribution in [0.1, 0.15) is 24.2 Å². The molecular formula is C14H16O2S. The van der Waals surface area contributed by atoms with Crippen molar-refractivity contribution in [3.8, 4) is 11.8 Å². The van der Waals surface area contributed by atoms with Gasteiger partial charge in [0.2, 0.25) is 0 Å². The predicted molar refractivity (Wildman–Crippen MR) is 71.2 cm³/mol. The Hall–Kier alpha value is -1.53. The van der Waals surface area contributed by atoms with E-state index in [9.17, 15) is 8.42 Å². The Labute approximate surface area is 103 Å². The molecule has 0 aliphatic carbocycles. The Bertz CT molecular complexity index is 518. The molecule has 0 N–H and O–H groups in total. The lowest BCUT2D eigenvalue weighted by molar-refractivity contribution is 0.585. The molecule has 0 bridgehead atoms. The van der Waals surface area contributed by atoms with E-state index in [1.165, 1.54) is 0 Å². The second-order valence-corrected chi connectivity index (χ2v) is 5.84. The third-order valence-electron chi connectivity index (χ3n) is 2.44. The molecule has 0 saturated heterocycles. The number of hydrogen-bond acceptors (Lipinski definition) is 2. The Morgan fingerprint density at radius 2 is 2.00 bits per heavy atom.